The standard InChI is InChI=1S/C18H24N2O3/c1-13-9-16(13)17(21)20-11-18(12-20)14(5-8-23-18)4-7-22-15-3-2-6-19-10-15/h2-3,6,10,13-14,16H,4-5,7-9,11-12H2,1H3/t13-,14-,16+/m1/s1. The number of carbonyl (C=O) groups excluding carboxylic acids is 1. The molecule has 1 amide bonds. The third kappa shape index (κ3) is 2.82. The highest BCUT2D eigenvalue weighted by molar-refractivity contribution is 5.82. The van der Waals surface area contributed by atoms with Gasteiger partial charge in [-0.2, -0.15) is 0 Å². The quantitative estimate of drug-likeness (QED) is 0.835. The number of carbonyl (C=O) groups is 1. The maximum absolute atomic E-state index is 12.3. The van der Waals surface area contributed by atoms with Gasteiger partial charge in [0.25, 0.3) is 0 Å². The molecular weight excluding hydrogens is 292 g/mol. The first kappa shape index (κ1) is 14.9. The van der Waals surface area contributed by atoms with Crippen LogP contribution in [0.3, 0.4) is 0 Å². The molecule has 3 atom stereocenters. The van der Waals surface area contributed by atoms with Crippen molar-refractivity contribution in [3.63, 3.8) is 0 Å². The lowest BCUT2D eigenvalue weighted by molar-refractivity contribution is -0.167. The number of aromatic nitrogens is 1. The van der Waals surface area contributed by atoms with E-state index >= 15 is 0 Å². The van der Waals surface area contributed by atoms with Crippen LogP contribution in [-0.4, -0.2) is 47.7 Å². The fourth-order valence-corrected chi connectivity index (χ4v) is 3.95. The van der Waals surface area contributed by atoms with Crippen LogP contribution in [0.5, 0.6) is 5.75 Å². The summed E-state index contributed by atoms with van der Waals surface area (Å²) < 4.78 is 11.8. The molecule has 5 nitrogen and oxygen atoms in total. The fraction of sp³-hybridized carbons (Fsp3) is 0.667. The van der Waals surface area contributed by atoms with Gasteiger partial charge in [-0.3, -0.25) is 9.78 Å². The van der Waals surface area contributed by atoms with E-state index < -0.39 is 0 Å². The number of hydrogen-bond acceptors (Lipinski definition) is 4. The lowest BCUT2D eigenvalue weighted by Gasteiger charge is -2.50. The molecule has 1 aromatic heterocycles. The topological polar surface area (TPSA) is 51.7 Å². The first-order valence-corrected chi connectivity index (χ1v) is 8.63. The van der Waals surface area contributed by atoms with E-state index in [-0.39, 0.29) is 11.5 Å². The second kappa shape index (κ2) is 5.78. The van der Waals surface area contributed by atoms with E-state index in [2.05, 4.69) is 11.9 Å². The second-order valence-electron chi connectivity index (χ2n) is 7.24. The van der Waals surface area contributed by atoms with Gasteiger partial charge < -0.3 is 14.4 Å². The minimum absolute atomic E-state index is 0.105. The molecule has 3 heterocycles. The van der Waals surface area contributed by atoms with Crippen LogP contribution >= 0.6 is 0 Å². The van der Waals surface area contributed by atoms with E-state index in [0.29, 0.717) is 24.3 Å². The molecule has 1 spiro atoms. The Hall–Kier alpha value is -1.62. The van der Waals surface area contributed by atoms with Crippen LogP contribution in [0.15, 0.2) is 24.5 Å². The van der Waals surface area contributed by atoms with E-state index in [1.54, 1.807) is 12.4 Å². The van der Waals surface area contributed by atoms with Crippen molar-refractivity contribution in [2.75, 3.05) is 26.3 Å². The van der Waals surface area contributed by atoms with Crippen molar-refractivity contribution >= 4 is 5.91 Å². The average molecular weight is 316 g/mol. The van der Waals surface area contributed by atoms with Crippen molar-refractivity contribution in [2.24, 2.45) is 17.8 Å². The molecule has 0 N–H and O–H groups in total. The zero-order valence-electron chi connectivity index (χ0n) is 13.6. The van der Waals surface area contributed by atoms with Gasteiger partial charge in [0.2, 0.25) is 5.91 Å². The number of likely N-dealkylation sites (tertiary alicyclic amines) is 1. The summed E-state index contributed by atoms with van der Waals surface area (Å²) in [4.78, 5) is 18.3. The van der Waals surface area contributed by atoms with Gasteiger partial charge in [0.15, 0.2) is 0 Å². The molecule has 23 heavy (non-hydrogen) atoms. The summed E-state index contributed by atoms with van der Waals surface area (Å²) in [6.45, 7) is 5.18. The number of rotatable bonds is 5. The van der Waals surface area contributed by atoms with Crippen LogP contribution in [0.1, 0.15) is 26.2 Å². The summed E-state index contributed by atoms with van der Waals surface area (Å²) in [7, 11) is 0. The lowest BCUT2D eigenvalue weighted by Crippen LogP contribution is -2.66. The summed E-state index contributed by atoms with van der Waals surface area (Å²) in [5.74, 6) is 2.49. The summed E-state index contributed by atoms with van der Waals surface area (Å²) in [5.41, 5.74) is -0.105. The fourth-order valence-electron chi connectivity index (χ4n) is 3.95. The van der Waals surface area contributed by atoms with E-state index in [9.17, 15) is 4.79 Å². The number of pyridine rings is 1. The minimum Gasteiger partial charge on any atom is -0.492 e. The molecule has 0 radical (unpaired) electrons. The highest BCUT2D eigenvalue weighted by Crippen LogP contribution is 2.45. The lowest BCUT2D eigenvalue weighted by atomic mass is 9.79. The highest BCUT2D eigenvalue weighted by Gasteiger charge is 2.56. The Balaban J connectivity index is 1.27. The van der Waals surface area contributed by atoms with Crippen LogP contribution in [0.4, 0.5) is 0 Å². The van der Waals surface area contributed by atoms with E-state index in [1.165, 1.54) is 0 Å². The zero-order chi connectivity index (χ0) is 15.9. The van der Waals surface area contributed by atoms with Crippen LogP contribution in [0.25, 0.3) is 0 Å². The Morgan fingerprint density at radius 1 is 1.52 bits per heavy atom. The third-order valence-electron chi connectivity index (χ3n) is 5.62. The van der Waals surface area contributed by atoms with Crippen molar-refractivity contribution < 1.29 is 14.3 Å². The Kier molecular flexibility index (Phi) is 3.76. The molecule has 1 aromatic rings. The summed E-state index contributed by atoms with van der Waals surface area (Å²) in [6, 6.07) is 3.80. The van der Waals surface area contributed by atoms with Crippen LogP contribution in [0.2, 0.25) is 0 Å². The van der Waals surface area contributed by atoms with E-state index in [0.717, 1.165) is 44.7 Å². The molecule has 0 aromatic carbocycles. The minimum atomic E-state index is -0.105. The predicted octanol–water partition coefficient (Wildman–Crippen LogP) is 2.12. The summed E-state index contributed by atoms with van der Waals surface area (Å²) in [5, 5.41) is 0. The molecule has 0 bridgehead atoms. The van der Waals surface area contributed by atoms with Crippen molar-refractivity contribution in [2.45, 2.75) is 31.8 Å². The van der Waals surface area contributed by atoms with Crippen molar-refractivity contribution in [1.82, 2.24) is 9.88 Å². The Labute approximate surface area is 137 Å². The van der Waals surface area contributed by atoms with Gasteiger partial charge in [0, 0.05) is 18.7 Å². The van der Waals surface area contributed by atoms with E-state index in [1.807, 2.05) is 17.0 Å². The molecule has 5 heteroatoms. The molecule has 3 aliphatic rings. The molecule has 4 rings (SSSR count). The van der Waals surface area contributed by atoms with Gasteiger partial charge >= 0.3 is 0 Å². The smallest absolute Gasteiger partial charge is 0.226 e. The van der Waals surface area contributed by atoms with Gasteiger partial charge in [0.05, 0.1) is 25.9 Å². The Bertz CT molecular complexity index is 571. The predicted molar refractivity (Wildman–Crippen MR) is 85.0 cm³/mol. The van der Waals surface area contributed by atoms with Gasteiger partial charge in [-0.25, -0.2) is 0 Å². The molecule has 0 unspecified atom stereocenters. The zero-order valence-corrected chi connectivity index (χ0v) is 13.6. The van der Waals surface area contributed by atoms with Crippen molar-refractivity contribution in [1.29, 1.82) is 0 Å². The van der Waals surface area contributed by atoms with Crippen molar-refractivity contribution in [3.05, 3.63) is 24.5 Å². The average Bonchev–Trinajstić information content (AvgIpc) is 3.10. The molecule has 3 fully saturated rings. The van der Waals surface area contributed by atoms with Gasteiger partial charge in [-0.1, -0.05) is 6.92 Å². The maximum atomic E-state index is 12.3. The third-order valence-corrected chi connectivity index (χ3v) is 5.62. The Morgan fingerprint density at radius 2 is 2.35 bits per heavy atom. The maximum Gasteiger partial charge on any atom is 0.226 e. The monoisotopic (exact) mass is 316 g/mol. The number of hydrogen-bond donors (Lipinski definition) is 0. The second-order valence-corrected chi connectivity index (χ2v) is 7.24. The normalized spacial score (nSPS) is 31.0. The number of ether oxygens (including phenoxy) is 2. The summed E-state index contributed by atoms with van der Waals surface area (Å²) in [6.07, 6.45) is 6.58. The van der Waals surface area contributed by atoms with Crippen LogP contribution in [-0.2, 0) is 9.53 Å². The summed E-state index contributed by atoms with van der Waals surface area (Å²) >= 11 is 0. The number of nitrogens with zero attached hydrogens (tertiary/aromatic N) is 2. The van der Waals surface area contributed by atoms with Gasteiger partial charge in [-0.15, -0.1) is 0 Å². The first-order valence-electron chi connectivity index (χ1n) is 8.63. The van der Waals surface area contributed by atoms with Crippen LogP contribution < -0.4 is 4.74 Å². The van der Waals surface area contributed by atoms with Crippen molar-refractivity contribution in [3.8, 4) is 5.75 Å². The highest BCUT2D eigenvalue weighted by atomic mass is 16.5. The molecule has 124 valence electrons. The van der Waals surface area contributed by atoms with Gasteiger partial charge in [-0.05, 0) is 43.2 Å². The number of amides is 1. The Morgan fingerprint density at radius 3 is 3.04 bits per heavy atom. The molecule has 2 aliphatic heterocycles. The largest absolute Gasteiger partial charge is 0.492 e. The SMILES string of the molecule is C[C@@H]1C[C@@H]1C(=O)N1CC2(C1)OCC[C@H]2CCOc1cccnc1. The van der Waals surface area contributed by atoms with E-state index in [4.69, 9.17) is 9.47 Å². The van der Waals surface area contributed by atoms with Gasteiger partial charge in [0.1, 0.15) is 11.4 Å². The molecule has 1 aliphatic carbocycles. The molecular formula is C18H24N2O3. The first-order chi connectivity index (χ1) is 11.2. The van der Waals surface area contributed by atoms with Crippen LogP contribution in [0, 0.1) is 17.8 Å². The molecule has 2 saturated heterocycles. The molecule has 1 saturated carbocycles.